The van der Waals surface area contributed by atoms with Gasteiger partial charge in [0.15, 0.2) is 0 Å². The first-order chi connectivity index (χ1) is 23.3. The summed E-state index contributed by atoms with van der Waals surface area (Å²) in [5, 5.41) is 13.1. The summed E-state index contributed by atoms with van der Waals surface area (Å²) in [7, 11) is -4.36. The molecular weight excluding hydrogens is 619 g/mol. The second-order valence-electron chi connectivity index (χ2n) is 12.8. The van der Waals surface area contributed by atoms with Gasteiger partial charge in [-0.15, -0.1) is 0 Å². The normalized spacial score (nSPS) is 14.2. The number of amides is 1. The molecule has 0 aromatic heterocycles. The molecule has 0 aliphatic rings. The summed E-state index contributed by atoms with van der Waals surface area (Å²) in [6.45, 7) is 4.37. The van der Waals surface area contributed by atoms with Gasteiger partial charge in [0.05, 0.1) is 17.9 Å². The second kappa shape index (κ2) is 34.6. The summed E-state index contributed by atoms with van der Waals surface area (Å²) < 4.78 is 32.4. The van der Waals surface area contributed by atoms with E-state index in [9.17, 15) is 22.9 Å². The highest BCUT2D eigenvalue weighted by Crippen LogP contribution is 2.12. The van der Waals surface area contributed by atoms with E-state index in [4.69, 9.17) is 0 Å². The predicted molar refractivity (Wildman–Crippen MR) is 207 cm³/mol. The highest BCUT2D eigenvalue weighted by molar-refractivity contribution is 7.85. The monoisotopic (exact) mass is 690 g/mol. The third kappa shape index (κ3) is 35.1. The topological polar surface area (TPSA) is 104 Å². The Balaban J connectivity index is 3.99. The van der Waals surface area contributed by atoms with Crippen LogP contribution in [0.4, 0.5) is 0 Å². The summed E-state index contributed by atoms with van der Waals surface area (Å²) in [4.78, 5) is 12.5. The van der Waals surface area contributed by atoms with Crippen molar-refractivity contribution in [3.05, 3.63) is 72.9 Å². The predicted octanol–water partition coefficient (Wildman–Crippen LogP) is 11.1. The Morgan fingerprint density at radius 2 is 1.02 bits per heavy atom. The van der Waals surface area contributed by atoms with Gasteiger partial charge in [0.1, 0.15) is 0 Å². The molecule has 0 saturated carbocycles. The molecule has 48 heavy (non-hydrogen) atoms. The fourth-order valence-corrected chi connectivity index (χ4v) is 6.01. The minimum Gasteiger partial charge on any atom is -0.387 e. The Kier molecular flexibility index (Phi) is 33.0. The van der Waals surface area contributed by atoms with Crippen LogP contribution in [0.1, 0.15) is 162 Å². The van der Waals surface area contributed by atoms with Gasteiger partial charge in [-0.1, -0.05) is 157 Å². The molecule has 0 radical (unpaired) electrons. The molecule has 0 aromatic rings. The maximum atomic E-state index is 12.5. The number of allylic oxidation sites excluding steroid dienone is 11. The number of nitrogens with one attached hydrogen (secondary N) is 1. The number of unbranched alkanes of at least 4 members (excludes halogenated alkanes) is 15. The van der Waals surface area contributed by atoms with Crippen LogP contribution in [-0.2, 0) is 14.9 Å². The number of hydrogen-bond acceptors (Lipinski definition) is 4. The van der Waals surface area contributed by atoms with Crippen molar-refractivity contribution in [2.24, 2.45) is 0 Å². The lowest BCUT2D eigenvalue weighted by Gasteiger charge is -2.21. The van der Waals surface area contributed by atoms with Crippen LogP contribution in [0.25, 0.3) is 0 Å². The van der Waals surface area contributed by atoms with E-state index in [1.54, 1.807) is 6.08 Å². The van der Waals surface area contributed by atoms with E-state index < -0.39 is 28.0 Å². The van der Waals surface area contributed by atoms with E-state index in [0.29, 0.717) is 12.8 Å². The van der Waals surface area contributed by atoms with Gasteiger partial charge in [0, 0.05) is 6.42 Å². The minimum absolute atomic E-state index is 0.274. The highest BCUT2D eigenvalue weighted by Gasteiger charge is 2.24. The number of aliphatic hydroxyl groups is 1. The number of aliphatic hydroxyl groups excluding tert-OH is 1. The van der Waals surface area contributed by atoms with Gasteiger partial charge < -0.3 is 10.4 Å². The van der Waals surface area contributed by atoms with Crippen molar-refractivity contribution in [1.82, 2.24) is 5.32 Å². The number of rotatable bonds is 33. The van der Waals surface area contributed by atoms with E-state index in [1.165, 1.54) is 70.3 Å². The third-order valence-electron chi connectivity index (χ3n) is 8.12. The number of carbonyl (C=O) groups is 1. The zero-order valence-electron chi connectivity index (χ0n) is 30.6. The number of hydrogen-bond donors (Lipinski definition) is 3. The molecule has 0 bridgehead atoms. The lowest BCUT2D eigenvalue weighted by Crippen LogP contribution is -2.46. The van der Waals surface area contributed by atoms with E-state index in [-0.39, 0.29) is 12.3 Å². The molecule has 0 saturated heterocycles. The van der Waals surface area contributed by atoms with E-state index in [0.717, 1.165) is 64.2 Å². The maximum absolute atomic E-state index is 12.5. The molecule has 0 rings (SSSR count). The van der Waals surface area contributed by atoms with Gasteiger partial charge in [0.25, 0.3) is 10.1 Å². The molecule has 6 nitrogen and oxygen atoms in total. The van der Waals surface area contributed by atoms with Gasteiger partial charge in [-0.3, -0.25) is 9.35 Å². The first-order valence-corrected chi connectivity index (χ1v) is 20.7. The Hall–Kier alpha value is -2.22. The first kappa shape index (κ1) is 45.8. The fraction of sp³-hybridized carbons (Fsp3) is 0.683. The molecule has 1 amide bonds. The minimum atomic E-state index is -4.36. The summed E-state index contributed by atoms with van der Waals surface area (Å²) in [6.07, 6.45) is 48.8. The van der Waals surface area contributed by atoms with Crippen LogP contribution in [0.15, 0.2) is 72.9 Å². The van der Waals surface area contributed by atoms with Crippen molar-refractivity contribution in [2.45, 2.75) is 174 Å². The zero-order valence-corrected chi connectivity index (χ0v) is 31.4. The van der Waals surface area contributed by atoms with Crippen molar-refractivity contribution in [1.29, 1.82) is 0 Å². The molecule has 0 aromatic carbocycles. The smallest absolute Gasteiger partial charge is 0.267 e. The quantitative estimate of drug-likeness (QED) is 0.0361. The molecule has 0 aliphatic heterocycles. The van der Waals surface area contributed by atoms with E-state index in [1.807, 2.05) is 0 Å². The van der Waals surface area contributed by atoms with Crippen molar-refractivity contribution >= 4 is 16.0 Å². The van der Waals surface area contributed by atoms with E-state index >= 15 is 0 Å². The Morgan fingerprint density at radius 3 is 1.56 bits per heavy atom. The molecule has 7 heteroatoms. The summed E-state index contributed by atoms with van der Waals surface area (Å²) in [5.41, 5.74) is 0. The SMILES string of the molecule is CC/C=C\C/C=C\C/C=C\C/C=C\CCCCCCCCCCC(=O)NC(CS(=O)(=O)O)C(O)/C=C/CC/C=C/CCCCCCCC. The lowest BCUT2D eigenvalue weighted by atomic mass is 10.1. The van der Waals surface area contributed by atoms with Crippen LogP contribution in [0, 0.1) is 0 Å². The van der Waals surface area contributed by atoms with E-state index in [2.05, 4.69) is 79.9 Å². The Morgan fingerprint density at radius 1 is 0.583 bits per heavy atom. The molecule has 3 N–H and O–H groups in total. The molecule has 0 heterocycles. The molecule has 276 valence electrons. The average molecular weight is 690 g/mol. The van der Waals surface area contributed by atoms with Crippen molar-refractivity contribution in [3.8, 4) is 0 Å². The van der Waals surface area contributed by atoms with Gasteiger partial charge in [-0.2, -0.15) is 8.42 Å². The van der Waals surface area contributed by atoms with Gasteiger partial charge in [-0.25, -0.2) is 0 Å². The lowest BCUT2D eigenvalue weighted by molar-refractivity contribution is -0.122. The zero-order chi connectivity index (χ0) is 35.4. The third-order valence-corrected chi connectivity index (χ3v) is 8.90. The molecule has 0 fully saturated rings. The molecular formula is C41H71NO5S. The van der Waals surface area contributed by atoms with Crippen LogP contribution in [0.3, 0.4) is 0 Å². The Bertz CT molecular complexity index is 1030. The summed E-state index contributed by atoms with van der Waals surface area (Å²) >= 11 is 0. The first-order valence-electron chi connectivity index (χ1n) is 19.1. The highest BCUT2D eigenvalue weighted by atomic mass is 32.2. The van der Waals surface area contributed by atoms with Crippen LogP contribution in [0.5, 0.6) is 0 Å². The molecule has 2 unspecified atom stereocenters. The van der Waals surface area contributed by atoms with Crippen LogP contribution < -0.4 is 5.32 Å². The van der Waals surface area contributed by atoms with Gasteiger partial charge in [0.2, 0.25) is 5.91 Å². The molecule has 2 atom stereocenters. The summed E-state index contributed by atoms with van der Waals surface area (Å²) in [5.74, 6) is -1.02. The average Bonchev–Trinajstić information content (AvgIpc) is 3.05. The largest absolute Gasteiger partial charge is 0.387 e. The van der Waals surface area contributed by atoms with Crippen LogP contribution in [-0.4, -0.2) is 41.9 Å². The molecule has 0 aliphatic carbocycles. The van der Waals surface area contributed by atoms with Crippen LogP contribution in [0.2, 0.25) is 0 Å². The van der Waals surface area contributed by atoms with Gasteiger partial charge >= 0.3 is 0 Å². The number of carbonyl (C=O) groups excluding carboxylic acids is 1. The second-order valence-corrected chi connectivity index (χ2v) is 14.3. The van der Waals surface area contributed by atoms with Crippen molar-refractivity contribution in [3.63, 3.8) is 0 Å². The molecule has 0 spiro atoms. The van der Waals surface area contributed by atoms with Gasteiger partial charge in [-0.05, 0) is 70.6 Å². The standard InChI is InChI=1S/C41H71NO5S/c1-3-5-7-9-11-13-15-17-18-19-20-21-22-23-24-25-27-29-31-33-35-37-41(44)42-39(38-48(45,46)47)40(43)36-34-32-30-28-26-16-14-12-10-8-6-4-2/h5,7,11,13,17-18,20-21,26,28,34,36,39-40,43H,3-4,6,8-10,12,14-16,19,22-25,27,29-33,35,37-38H2,1-2H3,(H,42,44)(H,45,46,47)/b7-5-,13-11-,18-17-,21-20-,28-26+,36-34+. The van der Waals surface area contributed by atoms with Crippen LogP contribution >= 0.6 is 0 Å². The maximum Gasteiger partial charge on any atom is 0.267 e. The van der Waals surface area contributed by atoms with Crippen molar-refractivity contribution in [2.75, 3.05) is 5.75 Å². The summed E-state index contributed by atoms with van der Waals surface area (Å²) in [6, 6.07) is -1.08. The Labute approximate surface area is 295 Å². The van der Waals surface area contributed by atoms with Crippen molar-refractivity contribution < 1.29 is 22.9 Å². The fourth-order valence-electron chi connectivity index (χ4n) is 5.28.